The molecule has 0 unspecified atom stereocenters. The number of furan rings is 1. The Morgan fingerprint density at radius 2 is 2.00 bits per heavy atom. The molecule has 0 saturated heterocycles. The van der Waals surface area contributed by atoms with Crippen LogP contribution in [0.3, 0.4) is 0 Å². The smallest absolute Gasteiger partial charge is 0.228 e. The summed E-state index contributed by atoms with van der Waals surface area (Å²) in [6, 6.07) is 9.31. The normalized spacial score (nSPS) is 15.3. The van der Waals surface area contributed by atoms with Crippen molar-refractivity contribution in [2.75, 3.05) is 14.2 Å². The molecule has 0 N–H and O–H groups in total. The van der Waals surface area contributed by atoms with Gasteiger partial charge in [-0.25, -0.2) is 14.5 Å². The van der Waals surface area contributed by atoms with E-state index in [2.05, 4.69) is 10.1 Å². The maximum atomic E-state index is 12.6. The van der Waals surface area contributed by atoms with E-state index in [0.29, 0.717) is 57.9 Å². The molecule has 0 spiro atoms. The molecule has 9 nitrogen and oxygen atoms in total. The Kier molecular flexibility index (Phi) is 5.08. The van der Waals surface area contributed by atoms with E-state index < -0.39 is 5.92 Å². The molecular formula is C24H22N4O5. The fraction of sp³-hybridized carbons (Fsp3) is 0.250. The number of aromatic nitrogens is 4. The summed E-state index contributed by atoms with van der Waals surface area (Å²) in [4.78, 5) is 21.8. The van der Waals surface area contributed by atoms with Crippen LogP contribution < -0.4 is 14.2 Å². The molecule has 0 fully saturated rings. The minimum atomic E-state index is -0.490. The Labute approximate surface area is 189 Å². The average Bonchev–Trinajstić information content (AvgIpc) is 3.47. The Morgan fingerprint density at radius 3 is 2.70 bits per heavy atom. The second-order valence-electron chi connectivity index (χ2n) is 7.70. The number of fused-ring (bicyclic) bond motifs is 3. The number of carbonyl (C=O) groups excluding carboxylic acids is 1. The monoisotopic (exact) mass is 446 g/mol. The van der Waals surface area contributed by atoms with E-state index in [1.54, 1.807) is 44.3 Å². The molecule has 5 rings (SSSR count). The molecule has 1 atom stereocenters. The molecule has 4 aromatic rings. The second-order valence-corrected chi connectivity index (χ2v) is 7.70. The van der Waals surface area contributed by atoms with E-state index in [0.717, 1.165) is 5.56 Å². The zero-order valence-electron chi connectivity index (χ0n) is 18.7. The number of methoxy groups -OCH3 is 2. The van der Waals surface area contributed by atoms with Gasteiger partial charge in [-0.2, -0.15) is 0 Å². The Hall–Kier alpha value is -4.14. The number of ketones is 1. The van der Waals surface area contributed by atoms with Crippen molar-refractivity contribution in [2.24, 2.45) is 0 Å². The molecule has 1 aromatic carbocycles. The number of nitrogens with zero attached hydrogens (tertiary/aromatic N) is 4. The molecule has 0 aliphatic carbocycles. The number of carbonyl (C=O) groups is 1. The summed E-state index contributed by atoms with van der Waals surface area (Å²) in [7, 11) is 3.19. The summed E-state index contributed by atoms with van der Waals surface area (Å²) >= 11 is 0. The third kappa shape index (κ3) is 3.51. The molecule has 0 saturated carbocycles. The summed E-state index contributed by atoms with van der Waals surface area (Å²) in [5.74, 6) is 2.78. The quantitative estimate of drug-likeness (QED) is 0.442. The molecular weight excluding hydrogens is 424 g/mol. The highest BCUT2D eigenvalue weighted by Crippen LogP contribution is 2.44. The summed E-state index contributed by atoms with van der Waals surface area (Å²) < 4.78 is 23.9. The summed E-state index contributed by atoms with van der Waals surface area (Å²) in [6.45, 7) is 3.27. The molecule has 1 aliphatic rings. The van der Waals surface area contributed by atoms with E-state index >= 15 is 0 Å². The van der Waals surface area contributed by atoms with Crippen LogP contribution >= 0.6 is 0 Å². The SMILES string of the molecule is COc1ccc(Cc2nc3c4c(ncn3n2)OC(C)=C(C(C)=O)[C@H]4c2ccco2)cc1OC. The first-order chi connectivity index (χ1) is 16.0. The second kappa shape index (κ2) is 8.09. The van der Waals surface area contributed by atoms with Crippen molar-refractivity contribution in [1.29, 1.82) is 0 Å². The first-order valence-electron chi connectivity index (χ1n) is 10.4. The van der Waals surface area contributed by atoms with Crippen LogP contribution in [-0.2, 0) is 11.2 Å². The van der Waals surface area contributed by atoms with Crippen LogP contribution in [0, 0.1) is 0 Å². The maximum Gasteiger partial charge on any atom is 0.228 e. The largest absolute Gasteiger partial charge is 0.493 e. The van der Waals surface area contributed by atoms with E-state index in [4.69, 9.17) is 23.6 Å². The van der Waals surface area contributed by atoms with Crippen molar-refractivity contribution < 1.29 is 23.4 Å². The molecule has 4 heterocycles. The summed E-state index contributed by atoms with van der Waals surface area (Å²) in [6.07, 6.45) is 3.61. The maximum absolute atomic E-state index is 12.6. The van der Waals surface area contributed by atoms with Crippen LogP contribution in [0.25, 0.3) is 5.65 Å². The minimum Gasteiger partial charge on any atom is -0.493 e. The van der Waals surface area contributed by atoms with Crippen LogP contribution in [0.15, 0.2) is 58.7 Å². The van der Waals surface area contributed by atoms with Gasteiger partial charge in [0.25, 0.3) is 0 Å². The lowest BCUT2D eigenvalue weighted by molar-refractivity contribution is -0.114. The molecule has 1 aliphatic heterocycles. The predicted octanol–water partition coefficient (Wildman–Crippen LogP) is 3.71. The van der Waals surface area contributed by atoms with Gasteiger partial charge in [0.05, 0.1) is 32.0 Å². The van der Waals surface area contributed by atoms with Gasteiger partial charge in [-0.3, -0.25) is 4.79 Å². The van der Waals surface area contributed by atoms with Crippen LogP contribution in [0.1, 0.15) is 42.5 Å². The zero-order chi connectivity index (χ0) is 23.1. The number of rotatable bonds is 6. The van der Waals surface area contributed by atoms with Crippen molar-refractivity contribution in [1.82, 2.24) is 19.6 Å². The van der Waals surface area contributed by atoms with Crippen molar-refractivity contribution in [3.63, 3.8) is 0 Å². The number of allylic oxidation sites excluding steroid dienone is 2. The van der Waals surface area contributed by atoms with Gasteiger partial charge in [0, 0.05) is 12.0 Å². The number of benzene rings is 1. The Bertz CT molecular complexity index is 1390. The van der Waals surface area contributed by atoms with Gasteiger partial charge in [-0.15, -0.1) is 5.10 Å². The molecule has 0 radical (unpaired) electrons. The van der Waals surface area contributed by atoms with Crippen LogP contribution in [-0.4, -0.2) is 39.6 Å². The highest BCUT2D eigenvalue weighted by atomic mass is 16.5. The van der Waals surface area contributed by atoms with E-state index in [9.17, 15) is 4.79 Å². The number of hydrogen-bond donors (Lipinski definition) is 0. The summed E-state index contributed by atoms with van der Waals surface area (Å²) in [5, 5.41) is 4.60. The zero-order valence-corrected chi connectivity index (χ0v) is 18.7. The van der Waals surface area contributed by atoms with Gasteiger partial charge in [-0.1, -0.05) is 6.07 Å². The van der Waals surface area contributed by atoms with Gasteiger partial charge in [0.15, 0.2) is 28.8 Å². The highest BCUT2D eigenvalue weighted by Gasteiger charge is 2.37. The van der Waals surface area contributed by atoms with Crippen LogP contribution in [0.2, 0.25) is 0 Å². The van der Waals surface area contributed by atoms with E-state index in [-0.39, 0.29) is 5.78 Å². The Morgan fingerprint density at radius 1 is 1.18 bits per heavy atom. The Balaban J connectivity index is 1.61. The van der Waals surface area contributed by atoms with Gasteiger partial charge < -0.3 is 18.6 Å². The minimum absolute atomic E-state index is 0.105. The van der Waals surface area contributed by atoms with Crippen molar-refractivity contribution in [3.05, 3.63) is 77.0 Å². The van der Waals surface area contributed by atoms with Crippen LogP contribution in [0.5, 0.6) is 17.4 Å². The highest BCUT2D eigenvalue weighted by molar-refractivity contribution is 5.97. The van der Waals surface area contributed by atoms with Gasteiger partial charge in [0.2, 0.25) is 5.88 Å². The molecule has 9 heteroatoms. The first-order valence-corrected chi connectivity index (χ1v) is 10.4. The first kappa shape index (κ1) is 20.7. The number of ether oxygens (including phenoxy) is 3. The van der Waals surface area contributed by atoms with Crippen LogP contribution in [0.4, 0.5) is 0 Å². The lowest BCUT2D eigenvalue weighted by atomic mass is 9.85. The third-order valence-electron chi connectivity index (χ3n) is 5.65. The fourth-order valence-corrected chi connectivity index (χ4v) is 4.22. The van der Waals surface area contributed by atoms with Gasteiger partial charge in [0.1, 0.15) is 17.8 Å². The molecule has 0 amide bonds. The van der Waals surface area contributed by atoms with E-state index in [1.807, 2.05) is 24.3 Å². The third-order valence-corrected chi connectivity index (χ3v) is 5.65. The standard InChI is InChI=1S/C24H22N4O5/c1-13(29)20-14(2)33-24-22(21(20)17-6-5-9-32-17)23-26-19(27-28(23)12-25-24)11-15-7-8-16(30-3)18(10-15)31-4/h5-10,12,21H,11H2,1-4H3/t21-/m1/s1. The van der Waals surface area contributed by atoms with Gasteiger partial charge in [-0.05, 0) is 43.7 Å². The molecule has 3 aromatic heterocycles. The molecule has 33 heavy (non-hydrogen) atoms. The lowest BCUT2D eigenvalue weighted by Gasteiger charge is -2.26. The summed E-state index contributed by atoms with van der Waals surface area (Å²) in [5.41, 5.74) is 2.68. The predicted molar refractivity (Wildman–Crippen MR) is 118 cm³/mol. The average molecular weight is 446 g/mol. The fourth-order valence-electron chi connectivity index (χ4n) is 4.22. The van der Waals surface area contributed by atoms with Crippen molar-refractivity contribution in [2.45, 2.75) is 26.2 Å². The van der Waals surface area contributed by atoms with Crippen molar-refractivity contribution in [3.8, 4) is 17.4 Å². The van der Waals surface area contributed by atoms with Crippen molar-refractivity contribution >= 4 is 11.4 Å². The number of Topliss-reactive ketones (excluding diaryl/α,β-unsaturated/α-hetero) is 1. The van der Waals surface area contributed by atoms with Gasteiger partial charge >= 0.3 is 0 Å². The van der Waals surface area contributed by atoms with E-state index in [1.165, 1.54) is 6.92 Å². The molecule has 0 bridgehead atoms. The number of hydrogen-bond acceptors (Lipinski definition) is 8. The lowest BCUT2D eigenvalue weighted by Crippen LogP contribution is -2.21. The topological polar surface area (TPSA) is 101 Å². The molecule has 168 valence electrons.